The molecule has 2 amide bonds. The number of hydrogen-bond acceptors (Lipinski definition) is 11. The molecule has 0 spiro atoms. The zero-order chi connectivity index (χ0) is 27.2. The van der Waals surface area contributed by atoms with Gasteiger partial charge in [-0.2, -0.15) is 0 Å². The van der Waals surface area contributed by atoms with Crippen LogP contribution in [0.5, 0.6) is 11.5 Å². The summed E-state index contributed by atoms with van der Waals surface area (Å²) in [5.41, 5.74) is 1.33. The van der Waals surface area contributed by atoms with Crippen LogP contribution in [0.3, 0.4) is 0 Å². The van der Waals surface area contributed by atoms with Gasteiger partial charge in [0.15, 0.2) is 0 Å². The Kier molecular flexibility index (Phi) is 14.1. The number of carbonyl (C=O) groups is 2. The molecule has 0 saturated carbocycles. The number of halogens is 2. The molecule has 0 atom stereocenters. The molecule has 0 unspecified atom stereocenters. The highest BCUT2D eigenvalue weighted by Crippen LogP contribution is 2.33. The Balaban J connectivity index is 1.58. The lowest BCUT2D eigenvalue weighted by atomic mass is 10.1. The van der Waals surface area contributed by atoms with E-state index in [9.17, 15) is 30.2 Å². The minimum Gasteiger partial charge on any atom is -0.507 e. The number of benzene rings is 2. The second kappa shape index (κ2) is 16.7. The van der Waals surface area contributed by atoms with Crippen molar-refractivity contribution in [1.82, 2.24) is 10.6 Å². The monoisotopic (exact) mass is 694 g/mol. The summed E-state index contributed by atoms with van der Waals surface area (Å²) in [5, 5.41) is 49.0. The molecule has 10 nitrogen and oxygen atoms in total. The maximum absolute atomic E-state index is 12.2. The average Bonchev–Trinajstić information content (AvgIpc) is 2.88. The lowest BCUT2D eigenvalue weighted by Gasteiger charge is -2.08. The van der Waals surface area contributed by atoms with E-state index in [1.165, 1.54) is 43.5 Å². The van der Waals surface area contributed by atoms with E-state index in [4.69, 9.17) is 0 Å². The van der Waals surface area contributed by atoms with Crippen molar-refractivity contribution in [3.05, 3.63) is 56.5 Å². The number of rotatable bonds is 14. The average molecular weight is 696 g/mol. The molecule has 0 saturated heterocycles. The first-order chi connectivity index (χ1) is 17.7. The van der Waals surface area contributed by atoms with Crippen LogP contribution >= 0.6 is 63.3 Å². The first kappa shape index (κ1) is 31.1. The zero-order valence-electron chi connectivity index (χ0n) is 19.2. The molecule has 15 heteroatoms. The molecule has 0 aliphatic carbocycles. The highest BCUT2D eigenvalue weighted by atomic mass is 79.9. The fourth-order valence-corrected chi connectivity index (χ4v) is 7.12. The molecule has 0 bridgehead atoms. The molecular weight excluding hydrogens is 672 g/mol. The van der Waals surface area contributed by atoms with Crippen molar-refractivity contribution in [3.8, 4) is 11.5 Å². The van der Waals surface area contributed by atoms with Gasteiger partial charge in [-0.05, 0) is 77.1 Å². The summed E-state index contributed by atoms with van der Waals surface area (Å²) < 4.78 is 0.968. The number of phenols is 2. The minimum absolute atomic E-state index is 0.0378. The van der Waals surface area contributed by atoms with E-state index in [-0.39, 0.29) is 35.8 Å². The van der Waals surface area contributed by atoms with Gasteiger partial charge in [-0.15, -0.1) is 0 Å². The molecule has 0 aromatic heterocycles. The Morgan fingerprint density at radius 3 is 1.51 bits per heavy atom. The van der Waals surface area contributed by atoms with E-state index in [2.05, 4.69) is 52.8 Å². The zero-order valence-corrected chi connectivity index (χ0v) is 24.8. The van der Waals surface area contributed by atoms with Gasteiger partial charge in [-0.25, -0.2) is 0 Å². The Labute approximate surface area is 241 Å². The number of nitrogens with one attached hydrogen (secondary N) is 2. The van der Waals surface area contributed by atoms with Gasteiger partial charge in [0.05, 0.1) is 8.95 Å². The predicted molar refractivity (Wildman–Crippen MR) is 156 cm³/mol. The van der Waals surface area contributed by atoms with Crippen molar-refractivity contribution in [2.45, 2.75) is 12.8 Å². The summed E-state index contributed by atoms with van der Waals surface area (Å²) in [7, 11) is 4.56. The standard InChI is InChI=1S/C22H24Br2N4O6S3/c23-15-9-13(1-3-19(15)29)11-17(27-33)21(31)25-5-7-35-37-36-8-6-26-22(32)18(28-34)12-14-2-4-20(30)16(24)10-14/h1-4,9-10,29-30,33-34H,5-8,11-12H2,(H,25,31)(H,26,32)/b27-17+,28-18+. The summed E-state index contributed by atoms with van der Waals surface area (Å²) in [6.45, 7) is 0.742. The highest BCUT2D eigenvalue weighted by Gasteiger charge is 2.15. The smallest absolute Gasteiger partial charge is 0.269 e. The number of nitrogens with zero attached hydrogens (tertiary/aromatic N) is 2. The summed E-state index contributed by atoms with van der Waals surface area (Å²) in [6.07, 6.45) is 0.222. The fraction of sp³-hybridized carbons (Fsp3) is 0.273. The van der Waals surface area contributed by atoms with E-state index in [1.807, 2.05) is 0 Å². The van der Waals surface area contributed by atoms with Gasteiger partial charge >= 0.3 is 0 Å². The molecule has 200 valence electrons. The summed E-state index contributed by atoms with van der Waals surface area (Å²) in [5.74, 6) is 0.426. The van der Waals surface area contributed by atoms with Crippen LogP contribution in [0.1, 0.15) is 11.1 Å². The number of hydrogen-bond donors (Lipinski definition) is 6. The molecule has 0 aliphatic heterocycles. The lowest BCUT2D eigenvalue weighted by molar-refractivity contribution is -0.115. The predicted octanol–water partition coefficient (Wildman–Crippen LogP) is 4.33. The van der Waals surface area contributed by atoms with Gasteiger partial charge in [0, 0.05) is 37.4 Å². The lowest BCUT2D eigenvalue weighted by Crippen LogP contribution is -2.34. The third-order valence-corrected chi connectivity index (χ3v) is 10.1. The summed E-state index contributed by atoms with van der Waals surface area (Å²) in [6, 6.07) is 9.53. The van der Waals surface area contributed by atoms with Gasteiger partial charge in [0.25, 0.3) is 11.8 Å². The van der Waals surface area contributed by atoms with Crippen LogP contribution in [0.25, 0.3) is 0 Å². The molecule has 0 aliphatic rings. The van der Waals surface area contributed by atoms with E-state index in [0.29, 0.717) is 44.7 Å². The minimum atomic E-state index is -0.478. The van der Waals surface area contributed by atoms with Crippen molar-refractivity contribution in [2.75, 3.05) is 24.6 Å². The number of oxime groups is 2. The quantitative estimate of drug-likeness (QED) is 0.0555. The second-order valence-electron chi connectivity index (χ2n) is 7.24. The van der Waals surface area contributed by atoms with Crippen LogP contribution in [0.4, 0.5) is 0 Å². The van der Waals surface area contributed by atoms with Gasteiger partial charge in [-0.1, -0.05) is 44.0 Å². The van der Waals surface area contributed by atoms with Crippen LogP contribution in [-0.2, 0) is 22.4 Å². The Morgan fingerprint density at radius 2 is 1.16 bits per heavy atom. The van der Waals surface area contributed by atoms with Gasteiger partial charge < -0.3 is 31.3 Å². The van der Waals surface area contributed by atoms with Gasteiger partial charge in [-0.3, -0.25) is 9.59 Å². The van der Waals surface area contributed by atoms with Crippen LogP contribution in [0.15, 0.2) is 55.7 Å². The molecular formula is C22H24Br2N4O6S3. The molecule has 6 N–H and O–H groups in total. The molecule has 2 aromatic carbocycles. The first-order valence-corrected chi connectivity index (χ1v) is 16.0. The molecule has 0 heterocycles. The topological polar surface area (TPSA) is 164 Å². The number of carbonyl (C=O) groups excluding carboxylic acids is 2. The van der Waals surface area contributed by atoms with Crippen LogP contribution in [-0.4, -0.2) is 68.5 Å². The van der Waals surface area contributed by atoms with E-state index in [1.54, 1.807) is 24.3 Å². The third kappa shape index (κ3) is 11.1. The first-order valence-electron chi connectivity index (χ1n) is 10.6. The van der Waals surface area contributed by atoms with Crippen molar-refractivity contribution >= 4 is 86.5 Å². The Morgan fingerprint density at radius 1 is 0.757 bits per heavy atom. The Hall–Kier alpha value is -2.07. The molecule has 2 aromatic rings. The van der Waals surface area contributed by atoms with Crippen LogP contribution in [0, 0.1) is 0 Å². The normalized spacial score (nSPS) is 11.8. The summed E-state index contributed by atoms with van der Waals surface area (Å²) in [4.78, 5) is 24.5. The van der Waals surface area contributed by atoms with Crippen LogP contribution < -0.4 is 10.6 Å². The van der Waals surface area contributed by atoms with Gasteiger partial charge in [0.2, 0.25) is 0 Å². The maximum Gasteiger partial charge on any atom is 0.269 e. The summed E-state index contributed by atoms with van der Waals surface area (Å²) >= 11 is 6.41. The third-order valence-electron chi connectivity index (χ3n) is 4.57. The van der Waals surface area contributed by atoms with E-state index in [0.717, 1.165) is 0 Å². The second-order valence-corrected chi connectivity index (χ2v) is 13.4. The molecule has 0 fully saturated rings. The molecule has 37 heavy (non-hydrogen) atoms. The SMILES string of the molecule is O=C(NCCSSSCCNC(=O)/C(Cc1ccc(O)c(Br)c1)=N/O)/C(Cc1ccc(O)c(Br)c1)=N/O. The van der Waals surface area contributed by atoms with Crippen molar-refractivity contribution in [1.29, 1.82) is 0 Å². The highest BCUT2D eigenvalue weighted by molar-refractivity contribution is 9.11. The fourth-order valence-electron chi connectivity index (χ4n) is 2.75. The largest absolute Gasteiger partial charge is 0.507 e. The van der Waals surface area contributed by atoms with E-state index >= 15 is 0 Å². The van der Waals surface area contributed by atoms with Crippen molar-refractivity contribution in [3.63, 3.8) is 0 Å². The molecule has 0 radical (unpaired) electrons. The Bertz CT molecular complexity index is 1070. The number of phenolic OH excluding ortho intramolecular Hbond substituents is 2. The van der Waals surface area contributed by atoms with E-state index < -0.39 is 11.8 Å². The number of amides is 2. The number of aromatic hydroxyl groups is 2. The van der Waals surface area contributed by atoms with Crippen LogP contribution in [0.2, 0.25) is 0 Å². The van der Waals surface area contributed by atoms with Crippen molar-refractivity contribution < 1.29 is 30.2 Å². The maximum atomic E-state index is 12.2. The van der Waals surface area contributed by atoms with Crippen molar-refractivity contribution in [2.24, 2.45) is 10.3 Å². The molecule has 2 rings (SSSR count). The van der Waals surface area contributed by atoms with Gasteiger partial charge in [0.1, 0.15) is 22.9 Å².